The van der Waals surface area contributed by atoms with Crippen LogP contribution in [0.2, 0.25) is 0 Å². The van der Waals surface area contributed by atoms with Crippen LogP contribution < -0.4 is 0 Å². The molecule has 0 radical (unpaired) electrons. The second-order valence-electron chi connectivity index (χ2n) is 3.57. The van der Waals surface area contributed by atoms with E-state index < -0.39 is 0 Å². The maximum atomic E-state index is 12.6. The van der Waals surface area contributed by atoms with Gasteiger partial charge in [0.2, 0.25) is 0 Å². The van der Waals surface area contributed by atoms with Crippen LogP contribution in [0.1, 0.15) is 5.56 Å². The van der Waals surface area contributed by atoms with Gasteiger partial charge in [-0.3, -0.25) is 4.79 Å². The van der Waals surface area contributed by atoms with Crippen LogP contribution in [0.3, 0.4) is 0 Å². The minimum absolute atomic E-state index is 0.0991. The van der Waals surface area contributed by atoms with Gasteiger partial charge in [0.25, 0.3) is 0 Å². The third-order valence-electron chi connectivity index (χ3n) is 1.85. The van der Waals surface area contributed by atoms with Crippen molar-refractivity contribution in [3.05, 3.63) is 54.0 Å². The molecule has 0 atom stereocenters. The van der Waals surface area contributed by atoms with E-state index in [2.05, 4.69) is 0 Å². The Balaban J connectivity index is 2.60. The van der Waals surface area contributed by atoms with Crippen molar-refractivity contribution < 1.29 is 9.18 Å². The van der Waals surface area contributed by atoms with E-state index in [1.165, 1.54) is 24.3 Å². The first-order valence-electron chi connectivity index (χ1n) is 4.90. The minimum Gasteiger partial charge on any atom is -0.383 e. The van der Waals surface area contributed by atoms with Crippen molar-refractivity contribution in [2.75, 3.05) is 14.1 Å². The molecule has 0 heterocycles. The standard InChI is InChI=1S/C13H14FNO/c1-15(2)10-9-13(16)8-5-11-3-6-12(14)7-4-11/h3-10H,1-2H3. The van der Waals surface area contributed by atoms with E-state index in [9.17, 15) is 9.18 Å². The van der Waals surface area contributed by atoms with Crippen molar-refractivity contribution in [2.24, 2.45) is 0 Å². The monoisotopic (exact) mass is 219 g/mol. The SMILES string of the molecule is CN(C)C=CC(=O)C=Cc1ccc(F)cc1. The molecule has 84 valence electrons. The lowest BCUT2D eigenvalue weighted by Crippen LogP contribution is -2.01. The van der Waals surface area contributed by atoms with Crippen molar-refractivity contribution in [3.8, 4) is 0 Å². The second kappa shape index (κ2) is 5.85. The maximum absolute atomic E-state index is 12.6. The Morgan fingerprint density at radius 3 is 2.38 bits per heavy atom. The summed E-state index contributed by atoms with van der Waals surface area (Å²) < 4.78 is 12.6. The number of allylic oxidation sites excluding steroid dienone is 2. The van der Waals surface area contributed by atoms with Crippen molar-refractivity contribution >= 4 is 11.9 Å². The van der Waals surface area contributed by atoms with E-state index in [1.54, 1.807) is 29.3 Å². The van der Waals surface area contributed by atoms with Gasteiger partial charge in [-0.2, -0.15) is 0 Å². The first-order valence-corrected chi connectivity index (χ1v) is 4.90. The van der Waals surface area contributed by atoms with Crippen LogP contribution in [-0.4, -0.2) is 24.8 Å². The zero-order chi connectivity index (χ0) is 12.0. The van der Waals surface area contributed by atoms with Gasteiger partial charge in [0.1, 0.15) is 5.82 Å². The summed E-state index contributed by atoms with van der Waals surface area (Å²) in [6.45, 7) is 0. The van der Waals surface area contributed by atoms with Gasteiger partial charge < -0.3 is 4.90 Å². The fraction of sp³-hybridized carbons (Fsp3) is 0.154. The average molecular weight is 219 g/mol. The highest BCUT2D eigenvalue weighted by molar-refractivity contribution is 6.01. The van der Waals surface area contributed by atoms with Gasteiger partial charge in [-0.15, -0.1) is 0 Å². The van der Waals surface area contributed by atoms with Gasteiger partial charge >= 0.3 is 0 Å². The Morgan fingerprint density at radius 1 is 1.19 bits per heavy atom. The Morgan fingerprint density at radius 2 is 1.81 bits per heavy atom. The number of halogens is 1. The fourth-order valence-electron chi connectivity index (χ4n) is 1.03. The van der Waals surface area contributed by atoms with E-state index in [0.29, 0.717) is 0 Å². The smallest absolute Gasteiger partial charge is 0.180 e. The summed E-state index contributed by atoms with van der Waals surface area (Å²) in [5.74, 6) is -0.381. The lowest BCUT2D eigenvalue weighted by molar-refractivity contribution is -0.110. The molecule has 0 bridgehead atoms. The van der Waals surface area contributed by atoms with Gasteiger partial charge in [-0.25, -0.2) is 4.39 Å². The average Bonchev–Trinajstić information content (AvgIpc) is 2.25. The second-order valence-corrected chi connectivity index (χ2v) is 3.57. The van der Waals surface area contributed by atoms with Crippen molar-refractivity contribution in [1.29, 1.82) is 0 Å². The molecule has 16 heavy (non-hydrogen) atoms. The zero-order valence-corrected chi connectivity index (χ0v) is 9.35. The zero-order valence-electron chi connectivity index (χ0n) is 9.35. The quantitative estimate of drug-likeness (QED) is 0.725. The summed E-state index contributed by atoms with van der Waals surface area (Å²) in [5.41, 5.74) is 0.799. The van der Waals surface area contributed by atoms with Crippen LogP contribution in [0.25, 0.3) is 6.08 Å². The summed E-state index contributed by atoms with van der Waals surface area (Å²) in [7, 11) is 3.68. The van der Waals surface area contributed by atoms with E-state index in [-0.39, 0.29) is 11.6 Å². The van der Waals surface area contributed by atoms with E-state index >= 15 is 0 Å². The molecule has 1 aromatic rings. The summed E-state index contributed by atoms with van der Waals surface area (Å²) in [5, 5.41) is 0. The largest absolute Gasteiger partial charge is 0.383 e. The van der Waals surface area contributed by atoms with Crippen LogP contribution in [0.5, 0.6) is 0 Å². The van der Waals surface area contributed by atoms with Crippen molar-refractivity contribution in [3.63, 3.8) is 0 Å². The van der Waals surface area contributed by atoms with Crippen LogP contribution in [0.15, 0.2) is 42.6 Å². The minimum atomic E-state index is -0.281. The predicted octanol–water partition coefficient (Wildman–Crippen LogP) is 2.48. The molecular formula is C13H14FNO. The molecule has 0 aliphatic carbocycles. The van der Waals surface area contributed by atoms with E-state index in [4.69, 9.17) is 0 Å². The Kier molecular flexibility index (Phi) is 4.45. The molecule has 0 saturated carbocycles. The molecule has 0 unspecified atom stereocenters. The lowest BCUT2D eigenvalue weighted by atomic mass is 10.2. The molecule has 0 amide bonds. The number of carbonyl (C=O) groups is 1. The number of hydrogen-bond donors (Lipinski definition) is 0. The van der Waals surface area contributed by atoms with Gasteiger partial charge in [-0.05, 0) is 23.8 Å². The molecule has 0 spiro atoms. The van der Waals surface area contributed by atoms with Gasteiger partial charge in [0, 0.05) is 26.4 Å². The van der Waals surface area contributed by atoms with Gasteiger partial charge in [-0.1, -0.05) is 18.2 Å². The highest BCUT2D eigenvalue weighted by atomic mass is 19.1. The lowest BCUT2D eigenvalue weighted by Gasteiger charge is -2.01. The molecule has 0 N–H and O–H groups in total. The van der Waals surface area contributed by atoms with E-state index in [0.717, 1.165) is 5.56 Å². The Labute approximate surface area is 94.7 Å². The summed E-state index contributed by atoms with van der Waals surface area (Å²) in [6, 6.07) is 5.96. The van der Waals surface area contributed by atoms with Crippen LogP contribution in [-0.2, 0) is 4.79 Å². The third-order valence-corrected chi connectivity index (χ3v) is 1.85. The molecule has 3 heteroatoms. The number of nitrogens with zero attached hydrogens (tertiary/aromatic N) is 1. The third kappa shape index (κ3) is 4.55. The molecule has 0 aliphatic heterocycles. The fourth-order valence-corrected chi connectivity index (χ4v) is 1.03. The summed E-state index contributed by atoms with van der Waals surface area (Å²) in [4.78, 5) is 13.1. The molecule has 1 aromatic carbocycles. The normalized spacial score (nSPS) is 11.2. The molecule has 2 nitrogen and oxygen atoms in total. The number of rotatable bonds is 4. The van der Waals surface area contributed by atoms with Gasteiger partial charge in [0.15, 0.2) is 5.78 Å². The predicted molar refractivity (Wildman–Crippen MR) is 63.3 cm³/mol. The molecular weight excluding hydrogens is 205 g/mol. The number of ketones is 1. The molecule has 0 fully saturated rings. The van der Waals surface area contributed by atoms with Gasteiger partial charge in [0.05, 0.1) is 0 Å². The topological polar surface area (TPSA) is 20.3 Å². The van der Waals surface area contributed by atoms with Crippen LogP contribution >= 0.6 is 0 Å². The van der Waals surface area contributed by atoms with E-state index in [1.807, 2.05) is 14.1 Å². The highest BCUT2D eigenvalue weighted by Crippen LogP contribution is 2.04. The highest BCUT2D eigenvalue weighted by Gasteiger charge is 1.91. The number of carbonyl (C=O) groups excluding carboxylic acids is 1. The molecule has 1 rings (SSSR count). The van der Waals surface area contributed by atoms with Crippen LogP contribution in [0, 0.1) is 5.82 Å². The first-order chi connectivity index (χ1) is 7.58. The summed E-state index contributed by atoms with van der Waals surface area (Å²) in [6.07, 6.45) is 6.26. The van der Waals surface area contributed by atoms with Crippen molar-refractivity contribution in [2.45, 2.75) is 0 Å². The van der Waals surface area contributed by atoms with Crippen molar-refractivity contribution in [1.82, 2.24) is 4.90 Å². The number of hydrogen-bond acceptors (Lipinski definition) is 2. The molecule has 0 aromatic heterocycles. The maximum Gasteiger partial charge on any atom is 0.180 e. The Hall–Kier alpha value is -1.90. The van der Waals surface area contributed by atoms with Crippen LogP contribution in [0.4, 0.5) is 4.39 Å². The number of benzene rings is 1. The summed E-state index contributed by atoms with van der Waals surface area (Å²) >= 11 is 0. The first kappa shape index (κ1) is 12.2. The Bertz CT molecular complexity index is 404. The molecule has 0 saturated heterocycles. The molecule has 0 aliphatic rings.